The van der Waals surface area contributed by atoms with Crippen LogP contribution in [0.4, 0.5) is 34.1 Å². The van der Waals surface area contributed by atoms with Crippen LogP contribution in [-0.2, 0) is 0 Å². The standard InChI is InChI=1S/C98H56N6O6/c1-4-19-58(20-5-1)97-100-79-55-90-77(54-92(79)109-97)75-51-64(43-47-88(75)105-90)101(63-42-45-82-72(50-63)67-26-11-13-31-80(67)102(82)61-21-6-2-7-22-61)84-34-18-30-71-73-49-60(41-46-89(73)108-96(71)84)57-37-39-59(40-38-57)98-99-78-53-76-74-52-65(44-48-87(74)106-91(76)56-93(78)110-98)103(85-35-17-29-70-68-27-12-15-36-86(68)107-95(70)85)83-33-16-28-69-66-25-10-14-32-81(66)104(94(69)83)62-23-8-3-9-24-62/h1-56H. The van der Waals surface area contributed by atoms with E-state index in [0.717, 1.165) is 199 Å². The summed E-state index contributed by atoms with van der Waals surface area (Å²) in [6.45, 7) is 0. The zero-order valence-corrected chi connectivity index (χ0v) is 58.5. The SMILES string of the molecule is c1ccc(-c2nc3cc4oc5ccc(N(c6ccc7c(c6)c6ccccc6n7-c6ccccc6)c6cccc7c6oc6ccc(-c8ccc(-c9nc%10cc%11c(cc%10o9)oc9ccc(N(c%10cccc%12c%10oc%10ccccc%10%12)c%10cccc%12c%13ccccc%13n(-c%13ccccc%13)c%10%12)cc9%11)cc8)cc67)cc5c4cc3o2)cc1. The Hall–Kier alpha value is -15.1. The predicted octanol–water partition coefficient (Wildman–Crippen LogP) is 27.7. The molecule has 24 aromatic rings. The first-order chi connectivity index (χ1) is 54.5. The molecule has 0 saturated heterocycles. The molecule has 0 bridgehead atoms. The molecule has 110 heavy (non-hydrogen) atoms. The van der Waals surface area contributed by atoms with Gasteiger partial charge in [0.15, 0.2) is 22.3 Å². The summed E-state index contributed by atoms with van der Waals surface area (Å²) in [6, 6.07) is 119. The highest BCUT2D eigenvalue weighted by molar-refractivity contribution is 6.19. The monoisotopic (exact) mass is 1410 g/mol. The third-order valence-corrected chi connectivity index (χ3v) is 22.1. The van der Waals surface area contributed by atoms with E-state index in [0.29, 0.717) is 28.5 Å². The normalized spacial score (nSPS) is 12.2. The molecular formula is C98H56N6O6. The van der Waals surface area contributed by atoms with Crippen molar-refractivity contribution < 1.29 is 26.5 Å². The van der Waals surface area contributed by atoms with E-state index >= 15 is 0 Å². The number of anilines is 6. The highest BCUT2D eigenvalue weighted by Crippen LogP contribution is 2.51. The molecule has 8 aromatic heterocycles. The molecule has 0 spiro atoms. The lowest BCUT2D eigenvalue weighted by molar-refractivity contribution is 0.617. The Bertz CT molecular complexity index is 7930. The largest absolute Gasteiger partial charge is 0.456 e. The molecule has 0 atom stereocenters. The van der Waals surface area contributed by atoms with E-state index in [4.69, 9.17) is 36.5 Å². The van der Waals surface area contributed by atoms with Crippen LogP contribution in [-0.4, -0.2) is 19.1 Å². The number of fused-ring (bicyclic) bond motifs is 20. The number of furan rings is 4. The van der Waals surface area contributed by atoms with Crippen molar-refractivity contribution in [2.75, 3.05) is 9.80 Å². The van der Waals surface area contributed by atoms with Crippen LogP contribution in [0.1, 0.15) is 0 Å². The lowest BCUT2D eigenvalue weighted by Gasteiger charge is -2.27. The third-order valence-electron chi connectivity index (χ3n) is 22.1. The number of benzene rings is 16. The van der Waals surface area contributed by atoms with Crippen LogP contribution in [0, 0.1) is 0 Å². The van der Waals surface area contributed by atoms with E-state index in [-0.39, 0.29) is 0 Å². The van der Waals surface area contributed by atoms with Crippen LogP contribution in [0.25, 0.3) is 199 Å². The molecule has 24 rings (SSSR count). The van der Waals surface area contributed by atoms with Crippen molar-refractivity contribution in [1.29, 1.82) is 0 Å². The van der Waals surface area contributed by atoms with Gasteiger partial charge in [-0.05, 0) is 175 Å². The first-order valence-corrected chi connectivity index (χ1v) is 36.8. The van der Waals surface area contributed by atoms with E-state index in [1.807, 2.05) is 54.6 Å². The van der Waals surface area contributed by atoms with Crippen molar-refractivity contribution in [3.63, 3.8) is 0 Å². The summed E-state index contributed by atoms with van der Waals surface area (Å²) in [6.07, 6.45) is 0. The molecule has 0 fully saturated rings. The van der Waals surface area contributed by atoms with E-state index in [1.54, 1.807) is 0 Å². The summed E-state index contributed by atoms with van der Waals surface area (Å²) >= 11 is 0. The fourth-order valence-electron chi connectivity index (χ4n) is 17.1. The van der Waals surface area contributed by atoms with Gasteiger partial charge in [0.25, 0.3) is 0 Å². The van der Waals surface area contributed by atoms with Gasteiger partial charge in [-0.3, -0.25) is 0 Å². The number of para-hydroxylation sites is 8. The quantitative estimate of drug-likeness (QED) is 0.124. The van der Waals surface area contributed by atoms with Crippen LogP contribution in [0.15, 0.2) is 366 Å². The number of rotatable bonds is 11. The highest BCUT2D eigenvalue weighted by Gasteiger charge is 2.28. The van der Waals surface area contributed by atoms with Crippen LogP contribution < -0.4 is 9.80 Å². The molecule has 0 saturated carbocycles. The molecule has 0 aliphatic heterocycles. The Labute approximate surface area is 624 Å². The van der Waals surface area contributed by atoms with Crippen molar-refractivity contribution in [2.45, 2.75) is 0 Å². The maximum Gasteiger partial charge on any atom is 0.227 e. The van der Waals surface area contributed by atoms with Crippen molar-refractivity contribution in [3.05, 3.63) is 340 Å². The molecule has 0 aliphatic rings. The molecule has 16 aromatic carbocycles. The van der Waals surface area contributed by atoms with Crippen molar-refractivity contribution in [3.8, 4) is 45.4 Å². The lowest BCUT2D eigenvalue weighted by Crippen LogP contribution is -2.12. The molecule has 0 radical (unpaired) electrons. The number of oxazole rings is 2. The predicted molar refractivity (Wildman–Crippen MR) is 445 cm³/mol. The third kappa shape index (κ3) is 9.07. The number of hydrogen-bond acceptors (Lipinski definition) is 10. The maximum absolute atomic E-state index is 7.10. The van der Waals surface area contributed by atoms with Crippen LogP contribution >= 0.6 is 0 Å². The van der Waals surface area contributed by atoms with Gasteiger partial charge in [0.2, 0.25) is 11.8 Å². The van der Waals surface area contributed by atoms with Gasteiger partial charge in [0.05, 0.1) is 39.1 Å². The van der Waals surface area contributed by atoms with Crippen molar-refractivity contribution in [2.24, 2.45) is 0 Å². The Balaban J connectivity index is 0.596. The summed E-state index contributed by atoms with van der Waals surface area (Å²) in [5.41, 5.74) is 24.8. The number of hydrogen-bond donors (Lipinski definition) is 0. The Morgan fingerprint density at radius 1 is 0.218 bits per heavy atom. The lowest BCUT2D eigenvalue weighted by atomic mass is 10.0. The Morgan fingerprint density at radius 3 is 1.35 bits per heavy atom. The average molecular weight is 1410 g/mol. The zero-order chi connectivity index (χ0) is 71.8. The van der Waals surface area contributed by atoms with E-state index in [2.05, 4.69) is 304 Å². The first kappa shape index (κ1) is 60.2. The maximum atomic E-state index is 7.10. The smallest absolute Gasteiger partial charge is 0.227 e. The fourth-order valence-corrected chi connectivity index (χ4v) is 17.1. The summed E-state index contributed by atoms with van der Waals surface area (Å²) < 4.78 is 45.2. The average Bonchev–Trinajstić information content (AvgIpc) is 1.56. The van der Waals surface area contributed by atoms with Crippen LogP contribution in [0.2, 0.25) is 0 Å². The van der Waals surface area contributed by atoms with Gasteiger partial charge in [0, 0.05) is 116 Å². The minimum absolute atomic E-state index is 0.510. The topological polar surface area (TPSA) is 121 Å². The Kier molecular flexibility index (Phi) is 12.7. The molecular weight excluding hydrogens is 1360 g/mol. The number of aromatic nitrogens is 4. The van der Waals surface area contributed by atoms with Gasteiger partial charge in [-0.15, -0.1) is 0 Å². The second-order valence-corrected chi connectivity index (χ2v) is 28.3. The molecule has 514 valence electrons. The minimum atomic E-state index is 0.510. The van der Waals surface area contributed by atoms with E-state index in [9.17, 15) is 0 Å². The fraction of sp³-hybridized carbons (Fsp3) is 0. The van der Waals surface area contributed by atoms with Crippen molar-refractivity contribution in [1.82, 2.24) is 19.1 Å². The molecule has 8 heterocycles. The molecule has 0 N–H and O–H groups in total. The molecule has 12 heteroatoms. The summed E-state index contributed by atoms with van der Waals surface area (Å²) in [5.74, 6) is 1.07. The van der Waals surface area contributed by atoms with Gasteiger partial charge in [-0.1, -0.05) is 164 Å². The van der Waals surface area contributed by atoms with Gasteiger partial charge in [-0.25, -0.2) is 9.97 Å². The summed E-state index contributed by atoms with van der Waals surface area (Å²) in [7, 11) is 0. The second-order valence-electron chi connectivity index (χ2n) is 28.3. The van der Waals surface area contributed by atoms with Gasteiger partial charge >= 0.3 is 0 Å². The van der Waals surface area contributed by atoms with Crippen molar-refractivity contribution >= 4 is 188 Å². The van der Waals surface area contributed by atoms with Crippen LogP contribution in [0.3, 0.4) is 0 Å². The first-order valence-electron chi connectivity index (χ1n) is 36.8. The van der Waals surface area contributed by atoms with Crippen LogP contribution in [0.5, 0.6) is 0 Å². The van der Waals surface area contributed by atoms with Gasteiger partial charge < -0.3 is 45.4 Å². The molecule has 0 aliphatic carbocycles. The van der Waals surface area contributed by atoms with Gasteiger partial charge in [0.1, 0.15) is 44.5 Å². The molecule has 12 nitrogen and oxygen atoms in total. The zero-order valence-electron chi connectivity index (χ0n) is 58.5. The summed E-state index contributed by atoms with van der Waals surface area (Å²) in [5, 5.41) is 12.4. The van der Waals surface area contributed by atoms with Gasteiger partial charge in [-0.2, -0.15) is 0 Å². The minimum Gasteiger partial charge on any atom is -0.456 e. The molecule has 0 amide bonds. The Morgan fingerprint density at radius 2 is 0.655 bits per heavy atom. The van der Waals surface area contributed by atoms with E-state index < -0.39 is 0 Å². The van der Waals surface area contributed by atoms with E-state index in [1.165, 1.54) is 5.39 Å². The number of nitrogens with zero attached hydrogens (tertiary/aromatic N) is 6. The second kappa shape index (κ2) is 23.2. The molecule has 0 unspecified atom stereocenters. The highest BCUT2D eigenvalue weighted by atomic mass is 16.4. The summed E-state index contributed by atoms with van der Waals surface area (Å²) in [4.78, 5) is 14.7.